The van der Waals surface area contributed by atoms with Crippen molar-refractivity contribution in [2.75, 3.05) is 17.7 Å². The predicted octanol–water partition coefficient (Wildman–Crippen LogP) is 4.24. The molecule has 5 nitrogen and oxygen atoms in total. The van der Waals surface area contributed by atoms with Crippen LogP contribution in [0.15, 0.2) is 48.5 Å². The Bertz CT molecular complexity index is 711. The van der Waals surface area contributed by atoms with Gasteiger partial charge in [-0.3, -0.25) is 0 Å². The van der Waals surface area contributed by atoms with Crippen LogP contribution in [0.2, 0.25) is 0 Å². The SMILES string of the molecule is COC(=O)c1ccccc1NC(=O)Nc1ccccc1C(C)C. The van der Waals surface area contributed by atoms with E-state index >= 15 is 0 Å². The zero-order valence-electron chi connectivity index (χ0n) is 13.4. The molecule has 0 aliphatic rings. The Balaban J connectivity index is 2.17. The first-order valence-corrected chi connectivity index (χ1v) is 7.37. The fraction of sp³-hybridized carbons (Fsp3) is 0.222. The highest BCUT2D eigenvalue weighted by molar-refractivity contribution is 6.05. The standard InChI is InChI=1S/C18H20N2O3/c1-12(2)13-8-4-6-10-15(13)19-18(22)20-16-11-7-5-9-14(16)17(21)23-3/h4-12H,1-3H3,(H2,19,20,22). The summed E-state index contributed by atoms with van der Waals surface area (Å²) < 4.78 is 4.72. The summed E-state index contributed by atoms with van der Waals surface area (Å²) in [5.74, 6) is -0.211. The summed E-state index contributed by atoms with van der Waals surface area (Å²) in [5, 5.41) is 5.51. The molecule has 0 heterocycles. The number of amides is 2. The maximum absolute atomic E-state index is 12.2. The number of hydrogen-bond donors (Lipinski definition) is 2. The molecule has 0 bridgehead atoms. The lowest BCUT2D eigenvalue weighted by Crippen LogP contribution is -2.22. The topological polar surface area (TPSA) is 67.4 Å². The van der Waals surface area contributed by atoms with Crippen molar-refractivity contribution in [2.45, 2.75) is 19.8 Å². The minimum Gasteiger partial charge on any atom is -0.465 e. The van der Waals surface area contributed by atoms with E-state index in [1.807, 2.05) is 24.3 Å². The van der Waals surface area contributed by atoms with Crippen molar-refractivity contribution in [1.82, 2.24) is 0 Å². The second-order valence-electron chi connectivity index (χ2n) is 5.36. The van der Waals surface area contributed by atoms with Gasteiger partial charge in [0, 0.05) is 5.69 Å². The molecule has 0 saturated carbocycles. The van der Waals surface area contributed by atoms with Crippen LogP contribution in [-0.4, -0.2) is 19.1 Å². The van der Waals surface area contributed by atoms with E-state index in [0.717, 1.165) is 11.3 Å². The van der Waals surface area contributed by atoms with E-state index in [-0.39, 0.29) is 5.92 Å². The summed E-state index contributed by atoms with van der Waals surface area (Å²) >= 11 is 0. The number of para-hydroxylation sites is 2. The zero-order valence-corrected chi connectivity index (χ0v) is 13.4. The third-order valence-electron chi connectivity index (χ3n) is 3.41. The normalized spacial score (nSPS) is 10.3. The maximum atomic E-state index is 12.2. The lowest BCUT2D eigenvalue weighted by atomic mass is 10.0. The Morgan fingerprint density at radius 1 is 0.913 bits per heavy atom. The van der Waals surface area contributed by atoms with Crippen molar-refractivity contribution in [2.24, 2.45) is 0 Å². The van der Waals surface area contributed by atoms with Gasteiger partial charge in [-0.25, -0.2) is 9.59 Å². The maximum Gasteiger partial charge on any atom is 0.339 e. The van der Waals surface area contributed by atoms with E-state index in [0.29, 0.717) is 11.3 Å². The highest BCUT2D eigenvalue weighted by Gasteiger charge is 2.14. The van der Waals surface area contributed by atoms with E-state index < -0.39 is 12.0 Å². The fourth-order valence-electron chi connectivity index (χ4n) is 2.27. The van der Waals surface area contributed by atoms with Gasteiger partial charge in [0.25, 0.3) is 0 Å². The van der Waals surface area contributed by atoms with Gasteiger partial charge in [0.1, 0.15) is 0 Å². The second kappa shape index (κ2) is 7.45. The first kappa shape index (κ1) is 16.5. The van der Waals surface area contributed by atoms with Gasteiger partial charge in [0.2, 0.25) is 0 Å². The van der Waals surface area contributed by atoms with E-state index in [2.05, 4.69) is 24.5 Å². The molecule has 2 rings (SSSR count). The summed E-state index contributed by atoms with van der Waals surface area (Å²) in [5.41, 5.74) is 2.50. The number of benzene rings is 2. The molecule has 5 heteroatoms. The molecule has 2 N–H and O–H groups in total. The van der Waals surface area contributed by atoms with E-state index in [9.17, 15) is 9.59 Å². The van der Waals surface area contributed by atoms with Crippen molar-refractivity contribution >= 4 is 23.4 Å². The van der Waals surface area contributed by atoms with Crippen LogP contribution in [0.5, 0.6) is 0 Å². The molecule has 0 spiro atoms. The van der Waals surface area contributed by atoms with Gasteiger partial charge < -0.3 is 15.4 Å². The van der Waals surface area contributed by atoms with Crippen LogP contribution in [0, 0.1) is 0 Å². The Morgan fingerprint density at radius 3 is 2.13 bits per heavy atom. The number of esters is 1. The van der Waals surface area contributed by atoms with Gasteiger partial charge >= 0.3 is 12.0 Å². The van der Waals surface area contributed by atoms with E-state index in [4.69, 9.17) is 4.74 Å². The lowest BCUT2D eigenvalue weighted by molar-refractivity contribution is 0.0602. The summed E-state index contributed by atoms with van der Waals surface area (Å²) in [6.45, 7) is 4.12. The molecule has 120 valence electrons. The molecule has 0 fully saturated rings. The third kappa shape index (κ3) is 4.10. The van der Waals surface area contributed by atoms with Crippen LogP contribution in [0.3, 0.4) is 0 Å². The molecule has 0 radical (unpaired) electrons. The molecule has 0 saturated heterocycles. The number of carbonyl (C=O) groups excluding carboxylic acids is 2. The van der Waals surface area contributed by atoms with Crippen LogP contribution in [0.25, 0.3) is 0 Å². The van der Waals surface area contributed by atoms with Crippen molar-refractivity contribution in [3.8, 4) is 0 Å². The molecule has 2 amide bonds. The van der Waals surface area contributed by atoms with Gasteiger partial charge in [-0.05, 0) is 29.7 Å². The molecule has 0 aliphatic heterocycles. The summed E-state index contributed by atoms with van der Waals surface area (Å²) in [6.07, 6.45) is 0. The van der Waals surface area contributed by atoms with Gasteiger partial charge in [-0.2, -0.15) is 0 Å². The van der Waals surface area contributed by atoms with Gasteiger partial charge in [0.15, 0.2) is 0 Å². The molecule has 0 atom stereocenters. The summed E-state index contributed by atoms with van der Waals surface area (Å²) in [4.78, 5) is 24.0. The first-order valence-electron chi connectivity index (χ1n) is 7.37. The Kier molecular flexibility index (Phi) is 5.36. The highest BCUT2D eigenvalue weighted by atomic mass is 16.5. The molecule has 0 unspecified atom stereocenters. The third-order valence-corrected chi connectivity index (χ3v) is 3.41. The first-order chi connectivity index (χ1) is 11.0. The average molecular weight is 312 g/mol. The van der Waals surface area contributed by atoms with Gasteiger partial charge in [-0.1, -0.05) is 44.2 Å². The zero-order chi connectivity index (χ0) is 16.8. The highest BCUT2D eigenvalue weighted by Crippen LogP contribution is 2.24. The van der Waals surface area contributed by atoms with Crippen LogP contribution in [0.4, 0.5) is 16.2 Å². The molecule has 23 heavy (non-hydrogen) atoms. The minimum atomic E-state index is -0.497. The van der Waals surface area contributed by atoms with Crippen LogP contribution in [-0.2, 0) is 4.74 Å². The smallest absolute Gasteiger partial charge is 0.339 e. The number of urea groups is 1. The number of rotatable bonds is 4. The van der Waals surface area contributed by atoms with Crippen LogP contribution in [0.1, 0.15) is 35.7 Å². The Hall–Kier alpha value is -2.82. The summed E-state index contributed by atoms with van der Waals surface area (Å²) in [6, 6.07) is 13.9. The molecule has 2 aromatic rings. The minimum absolute atomic E-state index is 0.286. The molecule has 2 aromatic carbocycles. The Labute approximate surface area is 135 Å². The molecular weight excluding hydrogens is 292 g/mol. The largest absolute Gasteiger partial charge is 0.465 e. The number of ether oxygens (including phenoxy) is 1. The van der Waals surface area contributed by atoms with E-state index in [1.165, 1.54) is 7.11 Å². The second-order valence-corrected chi connectivity index (χ2v) is 5.36. The quantitative estimate of drug-likeness (QED) is 0.830. The predicted molar refractivity (Wildman–Crippen MR) is 91.0 cm³/mol. The molecule has 0 aliphatic carbocycles. The number of anilines is 2. The van der Waals surface area contributed by atoms with Crippen LogP contribution < -0.4 is 10.6 Å². The van der Waals surface area contributed by atoms with Crippen LogP contribution >= 0.6 is 0 Å². The number of methoxy groups -OCH3 is 1. The Morgan fingerprint density at radius 2 is 1.48 bits per heavy atom. The fourth-order valence-corrected chi connectivity index (χ4v) is 2.27. The number of hydrogen-bond acceptors (Lipinski definition) is 3. The number of carbonyl (C=O) groups is 2. The van der Waals surface area contributed by atoms with Crippen molar-refractivity contribution in [3.05, 3.63) is 59.7 Å². The molecule has 0 aromatic heterocycles. The molecular formula is C18H20N2O3. The lowest BCUT2D eigenvalue weighted by Gasteiger charge is -2.15. The number of nitrogens with one attached hydrogen (secondary N) is 2. The summed E-state index contributed by atoms with van der Waals surface area (Å²) in [7, 11) is 1.30. The van der Waals surface area contributed by atoms with Crippen molar-refractivity contribution < 1.29 is 14.3 Å². The van der Waals surface area contributed by atoms with E-state index in [1.54, 1.807) is 24.3 Å². The van der Waals surface area contributed by atoms with Crippen molar-refractivity contribution in [1.29, 1.82) is 0 Å². The van der Waals surface area contributed by atoms with Gasteiger partial charge in [0.05, 0.1) is 18.4 Å². The monoisotopic (exact) mass is 312 g/mol. The average Bonchev–Trinajstić information content (AvgIpc) is 2.55. The van der Waals surface area contributed by atoms with Gasteiger partial charge in [-0.15, -0.1) is 0 Å². The van der Waals surface area contributed by atoms with Crippen molar-refractivity contribution in [3.63, 3.8) is 0 Å².